The van der Waals surface area contributed by atoms with Crippen molar-refractivity contribution in [3.8, 4) is 0 Å². The maximum atomic E-state index is 12.1. The number of likely N-dealkylation sites (tertiary alicyclic amines) is 1. The van der Waals surface area contributed by atoms with Gasteiger partial charge in [0.05, 0.1) is 0 Å². The van der Waals surface area contributed by atoms with Gasteiger partial charge >= 0.3 is 0 Å². The Kier molecular flexibility index (Phi) is 2.42. The zero-order valence-electron chi connectivity index (χ0n) is 5.52. The number of rotatable bonds is 3. The average molecular weight is 132 g/mol. The van der Waals surface area contributed by atoms with E-state index in [1.807, 2.05) is 0 Å². The van der Waals surface area contributed by atoms with Gasteiger partial charge in [0, 0.05) is 13.1 Å². The molecule has 0 atom stereocenters. The molecule has 1 fully saturated rings. The normalized spacial score (nSPS) is 22.0. The van der Waals surface area contributed by atoms with Crippen molar-refractivity contribution in [1.29, 1.82) is 0 Å². The van der Waals surface area contributed by atoms with Crippen molar-refractivity contribution in [1.82, 2.24) is 4.90 Å². The van der Waals surface area contributed by atoms with E-state index in [0.717, 1.165) is 13.0 Å². The smallest absolute Gasteiger partial charge is 0.125 e. The highest BCUT2D eigenvalue weighted by atomic mass is 19.1. The van der Waals surface area contributed by atoms with E-state index in [9.17, 15) is 4.39 Å². The summed E-state index contributed by atoms with van der Waals surface area (Å²) in [7, 11) is 0. The van der Waals surface area contributed by atoms with Crippen LogP contribution in [0.25, 0.3) is 0 Å². The molecule has 0 radical (unpaired) electrons. The molecule has 0 amide bonds. The third kappa shape index (κ3) is 1.91. The van der Waals surface area contributed by atoms with Crippen LogP contribution in [0.2, 0.25) is 0 Å². The maximum absolute atomic E-state index is 12.1. The molecule has 9 heavy (non-hydrogen) atoms. The first-order valence-corrected chi connectivity index (χ1v) is 3.39. The summed E-state index contributed by atoms with van der Waals surface area (Å²) in [5, 5.41) is 0. The molecule has 0 unspecified atom stereocenters. The summed E-state index contributed by atoms with van der Waals surface area (Å²) < 4.78 is 12.1. The summed E-state index contributed by atoms with van der Waals surface area (Å²) in [6.07, 6.45) is 0.426. The fraction of sp³-hybridized carbons (Fsp3) is 1.00. The average Bonchev–Trinajstić information content (AvgIpc) is 1.78. The van der Waals surface area contributed by atoms with Crippen molar-refractivity contribution in [2.24, 2.45) is 5.73 Å². The zero-order chi connectivity index (χ0) is 6.69. The molecular formula is C6H13FN2. The molecule has 1 aliphatic rings. The summed E-state index contributed by atoms with van der Waals surface area (Å²) in [4.78, 5) is 2.08. The molecule has 0 aliphatic carbocycles. The van der Waals surface area contributed by atoms with Crippen LogP contribution in [0.5, 0.6) is 0 Å². The topological polar surface area (TPSA) is 29.3 Å². The standard InChI is InChI=1S/C6H13FN2/c7-6-4-9(5-6)3-1-2-8/h6H,1-5,8H2. The maximum Gasteiger partial charge on any atom is 0.125 e. The van der Waals surface area contributed by atoms with Gasteiger partial charge in [-0.2, -0.15) is 0 Å². The minimum atomic E-state index is -0.567. The largest absolute Gasteiger partial charge is 0.330 e. The molecule has 54 valence electrons. The zero-order valence-corrected chi connectivity index (χ0v) is 5.52. The lowest BCUT2D eigenvalue weighted by Crippen LogP contribution is -2.48. The molecule has 0 aromatic heterocycles. The number of alkyl halides is 1. The summed E-state index contributed by atoms with van der Waals surface area (Å²) in [6.45, 7) is 2.93. The summed E-state index contributed by atoms with van der Waals surface area (Å²) in [5.74, 6) is 0. The molecule has 0 aromatic rings. The van der Waals surface area contributed by atoms with Crippen molar-refractivity contribution in [3.05, 3.63) is 0 Å². The van der Waals surface area contributed by atoms with E-state index < -0.39 is 6.17 Å². The van der Waals surface area contributed by atoms with Crippen LogP contribution < -0.4 is 5.73 Å². The van der Waals surface area contributed by atoms with Crippen molar-refractivity contribution in [2.75, 3.05) is 26.2 Å². The third-order valence-corrected chi connectivity index (χ3v) is 1.59. The molecule has 1 aliphatic heterocycles. The first-order chi connectivity index (χ1) is 4.33. The molecule has 1 saturated heterocycles. The van der Waals surface area contributed by atoms with E-state index in [4.69, 9.17) is 5.73 Å². The second kappa shape index (κ2) is 3.13. The highest BCUT2D eigenvalue weighted by molar-refractivity contribution is 4.78. The molecule has 1 rings (SSSR count). The van der Waals surface area contributed by atoms with Crippen molar-refractivity contribution in [3.63, 3.8) is 0 Å². The third-order valence-electron chi connectivity index (χ3n) is 1.59. The Bertz CT molecular complexity index is 81.1. The Morgan fingerprint density at radius 2 is 2.22 bits per heavy atom. The number of hydrogen-bond donors (Lipinski definition) is 1. The first kappa shape index (κ1) is 6.96. The predicted octanol–water partition coefficient (Wildman–Crippen LogP) is -0.0111. The van der Waals surface area contributed by atoms with E-state index in [2.05, 4.69) is 4.90 Å². The Hall–Kier alpha value is -0.150. The van der Waals surface area contributed by atoms with E-state index in [1.165, 1.54) is 0 Å². The van der Waals surface area contributed by atoms with Gasteiger partial charge in [-0.3, -0.25) is 4.90 Å². The van der Waals surface area contributed by atoms with Crippen LogP contribution >= 0.6 is 0 Å². The SMILES string of the molecule is NCCCN1CC(F)C1. The Morgan fingerprint density at radius 1 is 1.56 bits per heavy atom. The number of nitrogens with two attached hydrogens (primary N) is 1. The predicted molar refractivity (Wildman–Crippen MR) is 35.0 cm³/mol. The van der Waals surface area contributed by atoms with Gasteiger partial charge in [-0.1, -0.05) is 0 Å². The summed E-state index contributed by atoms with van der Waals surface area (Å²) in [6, 6.07) is 0. The highest BCUT2D eigenvalue weighted by Gasteiger charge is 2.24. The van der Waals surface area contributed by atoms with Gasteiger partial charge < -0.3 is 5.73 Å². The van der Waals surface area contributed by atoms with Gasteiger partial charge in [-0.15, -0.1) is 0 Å². The highest BCUT2D eigenvalue weighted by Crippen LogP contribution is 2.10. The van der Waals surface area contributed by atoms with E-state index in [-0.39, 0.29) is 0 Å². The van der Waals surface area contributed by atoms with Gasteiger partial charge in [0.1, 0.15) is 6.17 Å². The van der Waals surface area contributed by atoms with Gasteiger partial charge in [-0.25, -0.2) is 4.39 Å². The molecule has 3 heteroatoms. The van der Waals surface area contributed by atoms with Crippen LogP contribution in [-0.4, -0.2) is 37.3 Å². The summed E-state index contributed by atoms with van der Waals surface area (Å²) in [5.41, 5.74) is 5.27. The molecular weight excluding hydrogens is 119 g/mol. The lowest BCUT2D eigenvalue weighted by atomic mass is 10.2. The monoisotopic (exact) mass is 132 g/mol. The molecule has 0 bridgehead atoms. The summed E-state index contributed by atoms with van der Waals surface area (Å²) >= 11 is 0. The van der Waals surface area contributed by atoms with E-state index >= 15 is 0 Å². The minimum Gasteiger partial charge on any atom is -0.330 e. The molecule has 0 aromatic carbocycles. The molecule has 2 nitrogen and oxygen atoms in total. The Balaban J connectivity index is 1.91. The van der Waals surface area contributed by atoms with E-state index in [1.54, 1.807) is 0 Å². The quantitative estimate of drug-likeness (QED) is 0.585. The Labute approximate surface area is 54.8 Å². The fourth-order valence-electron chi connectivity index (χ4n) is 1.00. The number of halogens is 1. The van der Waals surface area contributed by atoms with Crippen LogP contribution in [0.1, 0.15) is 6.42 Å². The van der Waals surface area contributed by atoms with Crippen molar-refractivity contribution in [2.45, 2.75) is 12.6 Å². The van der Waals surface area contributed by atoms with Crippen molar-refractivity contribution < 1.29 is 4.39 Å². The first-order valence-electron chi connectivity index (χ1n) is 3.39. The van der Waals surface area contributed by atoms with E-state index in [0.29, 0.717) is 19.6 Å². The van der Waals surface area contributed by atoms with Gasteiger partial charge in [0.15, 0.2) is 0 Å². The molecule has 2 N–H and O–H groups in total. The second-order valence-corrected chi connectivity index (χ2v) is 2.50. The van der Waals surface area contributed by atoms with Crippen LogP contribution in [0.15, 0.2) is 0 Å². The number of nitrogens with zero attached hydrogens (tertiary/aromatic N) is 1. The van der Waals surface area contributed by atoms with Gasteiger partial charge in [-0.05, 0) is 19.5 Å². The molecule has 1 heterocycles. The molecule has 0 saturated carbocycles. The minimum absolute atomic E-state index is 0.567. The van der Waals surface area contributed by atoms with Crippen molar-refractivity contribution >= 4 is 0 Å². The lowest BCUT2D eigenvalue weighted by molar-refractivity contribution is 0.0655. The van der Waals surface area contributed by atoms with Gasteiger partial charge in [0.2, 0.25) is 0 Å². The lowest BCUT2D eigenvalue weighted by Gasteiger charge is -2.33. The van der Waals surface area contributed by atoms with Crippen LogP contribution in [-0.2, 0) is 0 Å². The fourth-order valence-corrected chi connectivity index (χ4v) is 1.00. The van der Waals surface area contributed by atoms with Gasteiger partial charge in [0.25, 0.3) is 0 Å². The van der Waals surface area contributed by atoms with Crippen LogP contribution in [0, 0.1) is 0 Å². The number of hydrogen-bond acceptors (Lipinski definition) is 2. The van der Waals surface area contributed by atoms with Crippen LogP contribution in [0.4, 0.5) is 4.39 Å². The molecule has 0 spiro atoms. The van der Waals surface area contributed by atoms with Crippen LogP contribution in [0.3, 0.4) is 0 Å². The Morgan fingerprint density at radius 3 is 2.67 bits per heavy atom. The second-order valence-electron chi connectivity index (χ2n) is 2.50.